The van der Waals surface area contributed by atoms with Gasteiger partial charge in [-0.25, -0.2) is 0 Å². The molecule has 0 radical (unpaired) electrons. The fourth-order valence-corrected chi connectivity index (χ4v) is 3.16. The van der Waals surface area contributed by atoms with Crippen molar-refractivity contribution in [2.24, 2.45) is 11.8 Å². The summed E-state index contributed by atoms with van der Waals surface area (Å²) in [6.07, 6.45) is 0.706. The van der Waals surface area contributed by atoms with Gasteiger partial charge in [0, 0.05) is 5.92 Å². The van der Waals surface area contributed by atoms with Crippen LogP contribution in [0.5, 0.6) is 0 Å². The van der Waals surface area contributed by atoms with E-state index < -0.39 is 16.3 Å². The summed E-state index contributed by atoms with van der Waals surface area (Å²) in [5.41, 5.74) is 0. The molecule has 2 fully saturated rings. The first-order valence-corrected chi connectivity index (χ1v) is 4.62. The fourth-order valence-electron chi connectivity index (χ4n) is 2.16. The third-order valence-electron chi connectivity index (χ3n) is 2.76. The molecule has 2 aliphatic rings. The van der Waals surface area contributed by atoms with E-state index in [1.54, 1.807) is 0 Å². The third kappa shape index (κ3) is 1.04. The van der Waals surface area contributed by atoms with Gasteiger partial charge in [-0.1, -0.05) is 0 Å². The molecular formula is C7H9Cl2NO2. The van der Waals surface area contributed by atoms with Gasteiger partial charge in [-0.3, -0.25) is 4.79 Å². The van der Waals surface area contributed by atoms with Crippen LogP contribution in [0.2, 0.25) is 0 Å². The Morgan fingerprint density at radius 2 is 2.25 bits per heavy atom. The summed E-state index contributed by atoms with van der Waals surface area (Å²) in [4.78, 5) is 10.7. The highest BCUT2D eigenvalue weighted by Crippen LogP contribution is 2.55. The van der Waals surface area contributed by atoms with E-state index in [0.29, 0.717) is 12.3 Å². The Morgan fingerprint density at radius 3 is 2.67 bits per heavy atom. The lowest BCUT2D eigenvalue weighted by atomic mass is 9.72. The molecular weight excluding hydrogens is 201 g/mol. The number of hydrogen-bond acceptors (Lipinski definition) is 2. The van der Waals surface area contributed by atoms with Gasteiger partial charge in [0.2, 0.25) is 0 Å². The lowest BCUT2D eigenvalue weighted by Crippen LogP contribution is -2.51. The average Bonchev–Trinajstić information content (AvgIpc) is 2.27. The van der Waals surface area contributed by atoms with E-state index in [0.717, 1.165) is 6.54 Å². The van der Waals surface area contributed by atoms with Crippen LogP contribution in [0.25, 0.3) is 0 Å². The topological polar surface area (TPSA) is 49.3 Å². The van der Waals surface area contributed by atoms with Crippen molar-refractivity contribution in [3.63, 3.8) is 0 Å². The van der Waals surface area contributed by atoms with Crippen LogP contribution in [0.4, 0.5) is 0 Å². The van der Waals surface area contributed by atoms with Crippen molar-refractivity contribution in [3.8, 4) is 0 Å². The van der Waals surface area contributed by atoms with Crippen LogP contribution in [0, 0.1) is 11.8 Å². The Hall–Kier alpha value is 0.01000. The molecule has 0 aromatic heterocycles. The largest absolute Gasteiger partial charge is 0.480 e. The lowest BCUT2D eigenvalue weighted by Gasteiger charge is -2.44. The van der Waals surface area contributed by atoms with Gasteiger partial charge < -0.3 is 10.4 Å². The molecule has 1 heterocycles. The Labute approximate surface area is 80.0 Å². The highest BCUT2D eigenvalue weighted by molar-refractivity contribution is 6.49. The minimum atomic E-state index is -0.854. The van der Waals surface area contributed by atoms with Crippen LogP contribution in [-0.4, -0.2) is 28.0 Å². The van der Waals surface area contributed by atoms with E-state index in [1.807, 2.05) is 0 Å². The van der Waals surface area contributed by atoms with Gasteiger partial charge in [0.1, 0.15) is 10.4 Å². The number of rotatable bonds is 1. The van der Waals surface area contributed by atoms with E-state index in [4.69, 9.17) is 28.3 Å². The quantitative estimate of drug-likeness (QED) is 0.631. The monoisotopic (exact) mass is 209 g/mol. The molecule has 1 saturated carbocycles. The number of hydrogen-bond donors (Lipinski definition) is 2. The van der Waals surface area contributed by atoms with Crippen molar-refractivity contribution in [1.29, 1.82) is 0 Å². The van der Waals surface area contributed by atoms with Gasteiger partial charge >= 0.3 is 5.97 Å². The fraction of sp³-hybridized carbons (Fsp3) is 0.857. The van der Waals surface area contributed by atoms with Crippen LogP contribution in [0.1, 0.15) is 6.42 Å². The van der Waals surface area contributed by atoms with Gasteiger partial charge in [0.05, 0.1) is 0 Å². The zero-order valence-corrected chi connectivity index (χ0v) is 7.77. The summed E-state index contributed by atoms with van der Waals surface area (Å²) in [7, 11) is 0. The Kier molecular flexibility index (Phi) is 1.79. The highest BCUT2D eigenvalue weighted by atomic mass is 35.5. The standard InChI is InChI=1S/C7H9Cl2NO2/c8-7(9)1-3-2-10-5(4(3)7)6(11)12/h3-5,10H,1-2H2,(H,11,12)/t3-,4-,5-/m0/s1. The summed E-state index contributed by atoms with van der Waals surface area (Å²) >= 11 is 11.8. The molecule has 2 rings (SSSR count). The predicted molar refractivity (Wildman–Crippen MR) is 45.5 cm³/mol. The van der Waals surface area contributed by atoms with Crippen molar-refractivity contribution in [2.75, 3.05) is 6.54 Å². The van der Waals surface area contributed by atoms with E-state index in [1.165, 1.54) is 0 Å². The molecule has 1 saturated heterocycles. The SMILES string of the molecule is O=C(O)[C@H]1NC[C@@H]2CC(Cl)(Cl)[C@@H]21. The minimum absolute atomic E-state index is 0.113. The lowest BCUT2D eigenvalue weighted by molar-refractivity contribution is -0.141. The molecule has 2 N–H and O–H groups in total. The smallest absolute Gasteiger partial charge is 0.321 e. The molecule has 1 aliphatic carbocycles. The van der Waals surface area contributed by atoms with E-state index in [2.05, 4.69) is 5.32 Å². The normalized spacial score (nSPS) is 43.3. The van der Waals surface area contributed by atoms with Crippen molar-refractivity contribution < 1.29 is 9.90 Å². The summed E-state index contributed by atoms with van der Waals surface area (Å²) in [5, 5.41) is 11.7. The van der Waals surface area contributed by atoms with Gasteiger partial charge in [-0.05, 0) is 18.9 Å². The molecule has 0 aromatic carbocycles. The molecule has 5 heteroatoms. The average molecular weight is 210 g/mol. The van der Waals surface area contributed by atoms with Gasteiger partial charge in [-0.15, -0.1) is 23.2 Å². The number of carboxylic acids is 1. The van der Waals surface area contributed by atoms with Gasteiger partial charge in [0.15, 0.2) is 0 Å². The van der Waals surface area contributed by atoms with Crippen LogP contribution in [0.3, 0.4) is 0 Å². The first kappa shape index (κ1) is 8.60. The second kappa shape index (κ2) is 2.50. The number of carbonyl (C=O) groups is 1. The van der Waals surface area contributed by atoms with Crippen molar-refractivity contribution in [3.05, 3.63) is 0 Å². The summed E-state index contributed by atoms with van der Waals surface area (Å²) < 4.78 is -0.822. The molecule has 3 nitrogen and oxygen atoms in total. The van der Waals surface area contributed by atoms with E-state index in [9.17, 15) is 4.79 Å². The maximum absolute atomic E-state index is 10.7. The molecule has 1 aliphatic heterocycles. The van der Waals surface area contributed by atoms with Gasteiger partial charge in [0.25, 0.3) is 0 Å². The zero-order chi connectivity index (χ0) is 8.93. The van der Waals surface area contributed by atoms with E-state index >= 15 is 0 Å². The number of alkyl halides is 2. The van der Waals surface area contributed by atoms with Gasteiger partial charge in [-0.2, -0.15) is 0 Å². The Morgan fingerprint density at radius 1 is 1.58 bits per heavy atom. The Balaban J connectivity index is 2.15. The van der Waals surface area contributed by atoms with Crippen molar-refractivity contribution in [1.82, 2.24) is 5.32 Å². The van der Waals surface area contributed by atoms with Crippen molar-refractivity contribution >= 4 is 29.2 Å². The molecule has 0 aromatic rings. The third-order valence-corrected chi connectivity index (χ3v) is 3.57. The molecule has 0 spiro atoms. The molecule has 0 unspecified atom stereocenters. The van der Waals surface area contributed by atoms with Crippen molar-refractivity contribution in [2.45, 2.75) is 16.8 Å². The highest BCUT2D eigenvalue weighted by Gasteiger charge is 2.60. The number of fused-ring (bicyclic) bond motifs is 1. The van der Waals surface area contributed by atoms with Crippen LogP contribution in [-0.2, 0) is 4.79 Å². The summed E-state index contributed by atoms with van der Waals surface area (Å²) in [6.45, 7) is 0.725. The second-order valence-corrected chi connectivity index (χ2v) is 5.02. The molecule has 68 valence electrons. The van der Waals surface area contributed by atoms with Crippen LogP contribution < -0.4 is 5.32 Å². The van der Waals surface area contributed by atoms with E-state index in [-0.39, 0.29) is 5.92 Å². The number of nitrogens with one attached hydrogen (secondary N) is 1. The first-order chi connectivity index (χ1) is 5.52. The molecule has 12 heavy (non-hydrogen) atoms. The zero-order valence-electron chi connectivity index (χ0n) is 6.26. The van der Waals surface area contributed by atoms with Crippen LogP contribution >= 0.6 is 23.2 Å². The Bertz CT molecular complexity index is 231. The summed E-state index contributed by atoms with van der Waals surface area (Å²) in [6, 6.07) is -0.557. The first-order valence-electron chi connectivity index (χ1n) is 3.86. The summed E-state index contributed by atoms with van der Waals surface area (Å²) in [5.74, 6) is -0.618. The maximum atomic E-state index is 10.7. The molecule has 0 amide bonds. The predicted octanol–water partition coefficient (Wildman–Crippen LogP) is 0.853. The molecule has 3 atom stereocenters. The maximum Gasteiger partial charge on any atom is 0.321 e. The van der Waals surface area contributed by atoms with Crippen LogP contribution in [0.15, 0.2) is 0 Å². The number of carboxylic acid groups (broad SMARTS) is 1. The number of halogens is 2. The molecule has 0 bridgehead atoms. The number of aliphatic carboxylic acids is 1. The minimum Gasteiger partial charge on any atom is -0.480 e. The second-order valence-electron chi connectivity index (χ2n) is 3.48.